The van der Waals surface area contributed by atoms with E-state index >= 15 is 0 Å². The van der Waals surface area contributed by atoms with Crippen molar-refractivity contribution in [3.05, 3.63) is 52.7 Å². The largest absolute Gasteiger partial charge is 0.494 e. The van der Waals surface area contributed by atoms with Crippen LogP contribution in [-0.2, 0) is 0 Å². The molecule has 4 nitrogen and oxygen atoms in total. The molecule has 0 saturated carbocycles. The van der Waals surface area contributed by atoms with Crippen LogP contribution < -0.4 is 15.4 Å². The fourth-order valence-corrected chi connectivity index (χ4v) is 1.72. The second-order valence-corrected chi connectivity index (χ2v) is 3.82. The monoisotopic (exact) mass is 249 g/mol. The van der Waals surface area contributed by atoms with Crippen molar-refractivity contribution in [3.8, 4) is 17.9 Å². The van der Waals surface area contributed by atoms with Crippen molar-refractivity contribution in [1.29, 1.82) is 10.5 Å². The lowest BCUT2D eigenvalue weighted by molar-refractivity contribution is 0.412. The molecule has 0 aliphatic carbocycles. The minimum atomic E-state index is 0.0333. The van der Waals surface area contributed by atoms with Gasteiger partial charge in [-0.25, -0.2) is 0 Å². The SMILES string of the molecule is COc1cc(=C(C#N)C#N)[nH]/c1=C\c1ccccc1. The smallest absolute Gasteiger partial charge is 0.153 e. The number of hydrogen-bond acceptors (Lipinski definition) is 3. The van der Waals surface area contributed by atoms with Gasteiger partial charge in [0, 0.05) is 6.07 Å². The van der Waals surface area contributed by atoms with E-state index in [2.05, 4.69) is 4.98 Å². The van der Waals surface area contributed by atoms with E-state index in [9.17, 15) is 0 Å². The first-order chi connectivity index (χ1) is 9.28. The van der Waals surface area contributed by atoms with Crippen molar-refractivity contribution in [3.63, 3.8) is 0 Å². The van der Waals surface area contributed by atoms with Crippen molar-refractivity contribution < 1.29 is 4.74 Å². The molecule has 0 amide bonds. The summed E-state index contributed by atoms with van der Waals surface area (Å²) in [5.41, 5.74) is 1.04. The predicted octanol–water partition coefficient (Wildman–Crippen LogP) is 1.05. The van der Waals surface area contributed by atoms with Gasteiger partial charge in [0.1, 0.15) is 17.9 Å². The number of nitriles is 2. The highest BCUT2D eigenvalue weighted by molar-refractivity contribution is 5.72. The fraction of sp³-hybridized carbons (Fsp3) is 0.0667. The van der Waals surface area contributed by atoms with Gasteiger partial charge in [-0.15, -0.1) is 0 Å². The van der Waals surface area contributed by atoms with E-state index in [0.29, 0.717) is 11.1 Å². The summed E-state index contributed by atoms with van der Waals surface area (Å²) in [6, 6.07) is 15.1. The van der Waals surface area contributed by atoms with Gasteiger partial charge >= 0.3 is 0 Å². The van der Waals surface area contributed by atoms with E-state index in [0.717, 1.165) is 10.9 Å². The Kier molecular flexibility index (Phi) is 3.66. The molecule has 1 N–H and O–H groups in total. The first kappa shape index (κ1) is 12.5. The molecule has 1 heterocycles. The first-order valence-corrected chi connectivity index (χ1v) is 5.62. The molecular weight excluding hydrogens is 238 g/mol. The fourth-order valence-electron chi connectivity index (χ4n) is 1.72. The lowest BCUT2D eigenvalue weighted by Gasteiger charge is -1.94. The number of hydrogen-bond donors (Lipinski definition) is 1. The Morgan fingerprint density at radius 1 is 1.21 bits per heavy atom. The van der Waals surface area contributed by atoms with Crippen LogP contribution in [0, 0.1) is 22.7 Å². The molecular formula is C15H11N3O. The number of ether oxygens (including phenoxy) is 1. The number of aromatic amines is 1. The van der Waals surface area contributed by atoms with Crippen LogP contribution in [0.25, 0.3) is 11.6 Å². The lowest BCUT2D eigenvalue weighted by Crippen LogP contribution is -2.12. The summed E-state index contributed by atoms with van der Waals surface area (Å²) in [6.45, 7) is 0. The van der Waals surface area contributed by atoms with Gasteiger partial charge in [-0.2, -0.15) is 10.5 Å². The molecule has 0 bridgehead atoms. The molecule has 0 unspecified atom stereocenters. The lowest BCUT2D eigenvalue weighted by atomic mass is 10.2. The number of nitrogens with zero attached hydrogens (tertiary/aromatic N) is 2. The van der Waals surface area contributed by atoms with E-state index in [1.165, 1.54) is 0 Å². The average Bonchev–Trinajstić information content (AvgIpc) is 2.84. The van der Waals surface area contributed by atoms with E-state index in [4.69, 9.17) is 15.3 Å². The van der Waals surface area contributed by atoms with Crippen LogP contribution in [-0.4, -0.2) is 12.1 Å². The summed E-state index contributed by atoms with van der Waals surface area (Å²) in [5, 5.41) is 18.9. The van der Waals surface area contributed by atoms with Gasteiger partial charge in [0.05, 0.1) is 17.8 Å². The summed E-state index contributed by atoms with van der Waals surface area (Å²) in [5.74, 6) is 0.599. The molecule has 0 atom stereocenters. The zero-order valence-corrected chi connectivity index (χ0v) is 10.3. The third-order valence-corrected chi connectivity index (χ3v) is 2.63. The van der Waals surface area contributed by atoms with Crippen molar-refractivity contribution in [2.24, 2.45) is 0 Å². The quantitative estimate of drug-likeness (QED) is 0.864. The molecule has 0 spiro atoms. The van der Waals surface area contributed by atoms with Crippen LogP contribution >= 0.6 is 0 Å². The number of nitrogens with one attached hydrogen (secondary N) is 1. The van der Waals surface area contributed by atoms with Crippen LogP contribution in [0.15, 0.2) is 36.4 Å². The number of aromatic nitrogens is 1. The topological polar surface area (TPSA) is 72.6 Å². The molecule has 2 rings (SSSR count). The van der Waals surface area contributed by atoms with Gasteiger partial charge in [-0.1, -0.05) is 30.3 Å². The Balaban J connectivity index is 2.67. The maximum atomic E-state index is 8.86. The van der Waals surface area contributed by atoms with Gasteiger partial charge in [0.2, 0.25) is 0 Å². The number of H-pyrrole nitrogens is 1. The zero-order valence-electron chi connectivity index (χ0n) is 10.3. The van der Waals surface area contributed by atoms with Crippen LogP contribution in [0.2, 0.25) is 0 Å². The third kappa shape index (κ3) is 2.65. The first-order valence-electron chi connectivity index (χ1n) is 5.62. The molecule has 0 aliphatic rings. The van der Waals surface area contributed by atoms with Gasteiger partial charge in [0.25, 0.3) is 0 Å². The van der Waals surface area contributed by atoms with E-state index in [1.807, 2.05) is 48.5 Å². The van der Waals surface area contributed by atoms with Crippen LogP contribution in [0.4, 0.5) is 0 Å². The Morgan fingerprint density at radius 2 is 1.89 bits per heavy atom. The van der Waals surface area contributed by atoms with Crippen LogP contribution in [0.1, 0.15) is 5.56 Å². The number of methoxy groups -OCH3 is 1. The highest BCUT2D eigenvalue weighted by Gasteiger charge is 2.02. The normalized spacial score (nSPS) is 10.6. The highest BCUT2D eigenvalue weighted by Crippen LogP contribution is 2.02. The standard InChI is InChI=1S/C15H11N3O/c1-19-15-8-13(12(9-16)10-17)18-14(15)7-11-5-3-2-4-6-11/h2-8,18H,1H3/b14-7-. The molecule has 4 heteroatoms. The zero-order chi connectivity index (χ0) is 13.7. The minimum absolute atomic E-state index is 0.0333. The van der Waals surface area contributed by atoms with Gasteiger partial charge < -0.3 is 9.72 Å². The van der Waals surface area contributed by atoms with Crippen molar-refractivity contribution >= 4 is 11.6 Å². The molecule has 0 radical (unpaired) electrons. The molecule has 0 fully saturated rings. The number of benzene rings is 1. The highest BCUT2D eigenvalue weighted by atomic mass is 16.5. The average molecular weight is 249 g/mol. The second-order valence-electron chi connectivity index (χ2n) is 3.82. The number of rotatable bonds is 2. The molecule has 1 aromatic carbocycles. The van der Waals surface area contributed by atoms with Crippen LogP contribution in [0.3, 0.4) is 0 Å². The summed E-state index contributed by atoms with van der Waals surface area (Å²) in [7, 11) is 1.55. The predicted molar refractivity (Wildman–Crippen MR) is 71.2 cm³/mol. The maximum absolute atomic E-state index is 8.86. The Hall–Kier alpha value is -2.98. The minimum Gasteiger partial charge on any atom is -0.494 e. The van der Waals surface area contributed by atoms with E-state index < -0.39 is 0 Å². The second kappa shape index (κ2) is 5.57. The van der Waals surface area contributed by atoms with Gasteiger partial charge in [-0.3, -0.25) is 0 Å². The summed E-state index contributed by atoms with van der Waals surface area (Å²) < 4.78 is 5.24. The summed E-state index contributed by atoms with van der Waals surface area (Å²) in [6.07, 6.45) is 1.90. The van der Waals surface area contributed by atoms with Crippen molar-refractivity contribution in [2.75, 3.05) is 7.11 Å². The summed E-state index contributed by atoms with van der Waals surface area (Å²) in [4.78, 5) is 3.02. The molecule has 0 aliphatic heterocycles. The Bertz CT molecular complexity index is 758. The molecule has 92 valence electrons. The van der Waals surface area contributed by atoms with E-state index in [-0.39, 0.29) is 5.57 Å². The van der Waals surface area contributed by atoms with Gasteiger partial charge in [-0.05, 0) is 11.6 Å². The Morgan fingerprint density at radius 3 is 2.47 bits per heavy atom. The maximum Gasteiger partial charge on any atom is 0.153 e. The molecule has 1 aromatic heterocycles. The van der Waals surface area contributed by atoms with Crippen molar-refractivity contribution in [1.82, 2.24) is 4.98 Å². The molecule has 0 saturated heterocycles. The van der Waals surface area contributed by atoms with Gasteiger partial charge in [0.15, 0.2) is 5.57 Å². The van der Waals surface area contributed by atoms with Crippen LogP contribution in [0.5, 0.6) is 5.75 Å². The van der Waals surface area contributed by atoms with Crippen molar-refractivity contribution in [2.45, 2.75) is 0 Å². The van der Waals surface area contributed by atoms with E-state index in [1.54, 1.807) is 13.2 Å². The molecule has 2 aromatic rings. The summed E-state index contributed by atoms with van der Waals surface area (Å²) >= 11 is 0. The molecule has 19 heavy (non-hydrogen) atoms. The Labute approximate surface area is 110 Å². The third-order valence-electron chi connectivity index (χ3n) is 2.63.